The number of anilines is 1. The summed E-state index contributed by atoms with van der Waals surface area (Å²) in [5.74, 6) is 0.458. The highest BCUT2D eigenvalue weighted by Gasteiger charge is 2.15. The summed E-state index contributed by atoms with van der Waals surface area (Å²) in [6.45, 7) is 2.05. The Bertz CT molecular complexity index is 937. The Morgan fingerprint density at radius 2 is 1.96 bits per heavy atom. The van der Waals surface area contributed by atoms with E-state index in [1.165, 1.54) is 23.5 Å². The van der Waals surface area contributed by atoms with Crippen LogP contribution < -0.4 is 4.72 Å². The molecule has 0 aliphatic rings. The third kappa shape index (κ3) is 3.65. The molecule has 23 heavy (non-hydrogen) atoms. The van der Waals surface area contributed by atoms with Gasteiger partial charge in [-0.1, -0.05) is 18.7 Å². The number of thioether (sulfide) groups is 1. The Hall–Kier alpha value is -1.64. The number of hydrogen-bond acceptors (Lipinski definition) is 5. The highest BCUT2D eigenvalue weighted by atomic mass is 32.2. The number of fused-ring (bicyclic) bond motifs is 1. The molecule has 0 spiro atoms. The molecule has 0 fully saturated rings. The molecule has 1 aromatic heterocycles. The van der Waals surface area contributed by atoms with Crippen LogP contribution in [0.2, 0.25) is 0 Å². The van der Waals surface area contributed by atoms with E-state index in [1.54, 1.807) is 30.0 Å². The summed E-state index contributed by atoms with van der Waals surface area (Å²) in [5.41, 5.74) is 1.30. The molecule has 1 N–H and O–H groups in total. The zero-order valence-corrected chi connectivity index (χ0v) is 14.6. The minimum Gasteiger partial charge on any atom is -0.280 e. The predicted octanol–water partition coefficient (Wildman–Crippen LogP) is 4.35. The fourth-order valence-electron chi connectivity index (χ4n) is 1.98. The minimum atomic E-state index is -3.74. The van der Waals surface area contributed by atoms with Crippen molar-refractivity contribution in [2.75, 3.05) is 10.5 Å². The molecule has 3 rings (SSSR count). The van der Waals surface area contributed by atoms with E-state index in [0.717, 1.165) is 32.4 Å². The molecular weight excluding hydrogens is 355 g/mol. The van der Waals surface area contributed by atoms with Crippen molar-refractivity contribution < 1.29 is 12.8 Å². The topological polar surface area (TPSA) is 59.1 Å². The fourth-order valence-corrected chi connectivity index (χ4v) is 5.03. The molecule has 0 amide bonds. The van der Waals surface area contributed by atoms with Gasteiger partial charge in [-0.3, -0.25) is 4.72 Å². The zero-order valence-electron chi connectivity index (χ0n) is 12.1. The van der Waals surface area contributed by atoms with Crippen LogP contribution in [0.4, 0.5) is 10.1 Å². The molecule has 8 heteroatoms. The molecule has 3 aromatic rings. The van der Waals surface area contributed by atoms with Gasteiger partial charge in [-0.15, -0.1) is 11.3 Å². The van der Waals surface area contributed by atoms with Crippen LogP contribution in [0.25, 0.3) is 10.2 Å². The van der Waals surface area contributed by atoms with Crippen molar-refractivity contribution >= 4 is 49.0 Å². The lowest BCUT2D eigenvalue weighted by Gasteiger charge is -2.07. The second-order valence-electron chi connectivity index (χ2n) is 4.65. The van der Waals surface area contributed by atoms with Gasteiger partial charge in [0.1, 0.15) is 5.82 Å². The Kier molecular flexibility index (Phi) is 4.56. The van der Waals surface area contributed by atoms with Crippen molar-refractivity contribution in [2.24, 2.45) is 0 Å². The number of halogens is 1. The van der Waals surface area contributed by atoms with Crippen molar-refractivity contribution in [3.8, 4) is 0 Å². The van der Waals surface area contributed by atoms with Crippen molar-refractivity contribution in [3.63, 3.8) is 0 Å². The van der Waals surface area contributed by atoms with Crippen LogP contribution in [-0.2, 0) is 10.0 Å². The highest BCUT2D eigenvalue weighted by molar-refractivity contribution is 8.01. The van der Waals surface area contributed by atoms with Crippen molar-refractivity contribution in [2.45, 2.75) is 16.2 Å². The smallest absolute Gasteiger partial charge is 0.261 e. The molecule has 0 saturated heterocycles. The molecule has 0 radical (unpaired) electrons. The summed E-state index contributed by atoms with van der Waals surface area (Å²) >= 11 is 3.18. The number of benzene rings is 2. The van der Waals surface area contributed by atoms with E-state index >= 15 is 0 Å². The number of rotatable bonds is 5. The Morgan fingerprint density at radius 1 is 1.22 bits per heavy atom. The largest absolute Gasteiger partial charge is 0.280 e. The fraction of sp³-hybridized carbons (Fsp3) is 0.133. The Labute approximate surface area is 141 Å². The van der Waals surface area contributed by atoms with Gasteiger partial charge in [0.2, 0.25) is 0 Å². The number of aromatic nitrogens is 1. The summed E-state index contributed by atoms with van der Waals surface area (Å²) < 4.78 is 41.9. The first kappa shape index (κ1) is 16.2. The van der Waals surface area contributed by atoms with E-state index < -0.39 is 15.8 Å². The Morgan fingerprint density at radius 3 is 2.65 bits per heavy atom. The SMILES string of the molecule is CCSc1nc2ccc(NS(=O)(=O)c3ccc(F)cc3)cc2s1. The first-order valence-electron chi connectivity index (χ1n) is 6.80. The third-order valence-electron chi connectivity index (χ3n) is 3.01. The van der Waals surface area contributed by atoms with Gasteiger partial charge >= 0.3 is 0 Å². The molecule has 1 heterocycles. The molecule has 0 aliphatic carbocycles. The lowest BCUT2D eigenvalue weighted by atomic mass is 10.3. The molecule has 0 bridgehead atoms. The predicted molar refractivity (Wildman–Crippen MR) is 93.2 cm³/mol. The summed E-state index contributed by atoms with van der Waals surface area (Å²) in [7, 11) is -3.74. The second kappa shape index (κ2) is 6.46. The van der Waals surface area contributed by atoms with Gasteiger partial charge in [0.15, 0.2) is 4.34 Å². The van der Waals surface area contributed by atoms with E-state index in [9.17, 15) is 12.8 Å². The third-order valence-corrected chi connectivity index (χ3v) is 6.45. The number of sulfonamides is 1. The number of nitrogens with one attached hydrogen (secondary N) is 1. The molecule has 0 saturated carbocycles. The standard InChI is InChI=1S/C15H13FN2O2S3/c1-2-21-15-17-13-8-5-11(9-14(13)22-15)18-23(19,20)12-6-3-10(16)4-7-12/h3-9,18H,2H2,1H3. The van der Waals surface area contributed by atoms with Crippen LogP contribution in [0, 0.1) is 5.82 Å². The molecule has 0 unspecified atom stereocenters. The summed E-state index contributed by atoms with van der Waals surface area (Å²) in [5, 5.41) is 0. The van der Waals surface area contributed by atoms with Gasteiger partial charge < -0.3 is 0 Å². The van der Waals surface area contributed by atoms with Crippen LogP contribution in [0.3, 0.4) is 0 Å². The molecule has 4 nitrogen and oxygen atoms in total. The van der Waals surface area contributed by atoms with E-state index in [2.05, 4.69) is 16.6 Å². The molecule has 120 valence electrons. The van der Waals surface area contributed by atoms with Gasteiger partial charge in [-0.05, 0) is 48.2 Å². The Balaban J connectivity index is 1.89. The average molecular weight is 368 g/mol. The number of hydrogen-bond donors (Lipinski definition) is 1. The summed E-state index contributed by atoms with van der Waals surface area (Å²) in [6.07, 6.45) is 0. The minimum absolute atomic E-state index is 0.0190. The van der Waals surface area contributed by atoms with Crippen LogP contribution in [0.5, 0.6) is 0 Å². The van der Waals surface area contributed by atoms with E-state index in [0.29, 0.717) is 5.69 Å². The maximum atomic E-state index is 12.9. The second-order valence-corrected chi connectivity index (χ2v) is 8.88. The average Bonchev–Trinajstić information content (AvgIpc) is 2.89. The number of nitrogens with zero attached hydrogens (tertiary/aromatic N) is 1. The number of thiazole rings is 1. The summed E-state index contributed by atoms with van der Waals surface area (Å²) in [6, 6.07) is 9.92. The monoisotopic (exact) mass is 368 g/mol. The maximum absolute atomic E-state index is 12.9. The van der Waals surface area contributed by atoms with Crippen LogP contribution in [0.15, 0.2) is 51.7 Å². The maximum Gasteiger partial charge on any atom is 0.261 e. The van der Waals surface area contributed by atoms with Crippen LogP contribution in [0.1, 0.15) is 6.92 Å². The van der Waals surface area contributed by atoms with Crippen LogP contribution >= 0.6 is 23.1 Å². The molecule has 2 aromatic carbocycles. The molecular formula is C15H13FN2O2S3. The molecule has 0 aliphatic heterocycles. The van der Waals surface area contributed by atoms with Crippen molar-refractivity contribution in [1.82, 2.24) is 4.98 Å². The highest BCUT2D eigenvalue weighted by Crippen LogP contribution is 2.31. The van der Waals surface area contributed by atoms with Crippen LogP contribution in [-0.4, -0.2) is 19.2 Å². The first-order valence-corrected chi connectivity index (χ1v) is 10.1. The van der Waals surface area contributed by atoms with Gasteiger partial charge in [0, 0.05) is 0 Å². The van der Waals surface area contributed by atoms with E-state index in [4.69, 9.17) is 0 Å². The van der Waals surface area contributed by atoms with Gasteiger partial charge in [0.25, 0.3) is 10.0 Å². The normalized spacial score (nSPS) is 11.7. The quantitative estimate of drug-likeness (QED) is 0.680. The lowest BCUT2D eigenvalue weighted by Crippen LogP contribution is -2.12. The van der Waals surface area contributed by atoms with Crippen molar-refractivity contribution in [1.29, 1.82) is 0 Å². The van der Waals surface area contributed by atoms with Gasteiger partial charge in [-0.2, -0.15) is 0 Å². The van der Waals surface area contributed by atoms with E-state index in [-0.39, 0.29) is 4.90 Å². The summed E-state index contributed by atoms with van der Waals surface area (Å²) in [4.78, 5) is 4.49. The van der Waals surface area contributed by atoms with E-state index in [1.807, 2.05) is 0 Å². The lowest BCUT2D eigenvalue weighted by molar-refractivity contribution is 0.599. The van der Waals surface area contributed by atoms with Gasteiger partial charge in [0.05, 0.1) is 20.8 Å². The zero-order chi connectivity index (χ0) is 16.4. The van der Waals surface area contributed by atoms with Gasteiger partial charge in [-0.25, -0.2) is 17.8 Å². The first-order chi connectivity index (χ1) is 11.0. The van der Waals surface area contributed by atoms with Crippen molar-refractivity contribution in [3.05, 3.63) is 48.3 Å². The molecule has 0 atom stereocenters.